The van der Waals surface area contributed by atoms with E-state index in [-0.39, 0.29) is 0 Å². The predicted octanol–water partition coefficient (Wildman–Crippen LogP) is 3.09. The van der Waals surface area contributed by atoms with E-state index in [1.165, 1.54) is 6.20 Å². The molecule has 0 atom stereocenters. The average molecular weight is 303 g/mol. The first-order chi connectivity index (χ1) is 11.3. The first-order valence-corrected chi connectivity index (χ1v) is 7.00. The molecule has 5 nitrogen and oxygen atoms in total. The normalized spacial score (nSPS) is 11.0. The van der Waals surface area contributed by atoms with Crippen LogP contribution in [0.5, 0.6) is 0 Å². The van der Waals surface area contributed by atoms with Crippen LogP contribution in [0.2, 0.25) is 0 Å². The molecule has 0 saturated heterocycles. The Morgan fingerprint density at radius 2 is 1.39 bits per heavy atom. The third-order valence-corrected chi connectivity index (χ3v) is 3.10. The van der Waals surface area contributed by atoms with Crippen LogP contribution in [0.1, 0.15) is 21.5 Å². The second-order valence-electron chi connectivity index (χ2n) is 4.67. The molecule has 23 heavy (non-hydrogen) atoms. The first-order valence-electron chi connectivity index (χ1n) is 7.00. The van der Waals surface area contributed by atoms with Crippen LogP contribution >= 0.6 is 0 Å². The van der Waals surface area contributed by atoms with Crippen molar-refractivity contribution >= 4 is 11.7 Å². The fourth-order valence-electron chi connectivity index (χ4n) is 1.99. The summed E-state index contributed by atoms with van der Waals surface area (Å²) >= 11 is 0. The molecule has 3 rings (SSSR count). The molecular weight excluding hydrogens is 290 g/mol. The summed E-state index contributed by atoms with van der Waals surface area (Å²) in [6, 6.07) is 16.4. The second kappa shape index (κ2) is 7.09. The molecule has 0 radical (unpaired) electrons. The molecule has 0 fully saturated rings. The van der Waals surface area contributed by atoms with E-state index in [1.54, 1.807) is 36.8 Å². The van der Waals surface area contributed by atoms with Gasteiger partial charge in [-0.15, -0.1) is 0 Å². The van der Waals surface area contributed by atoms with Crippen LogP contribution in [-0.2, 0) is 4.84 Å². The first kappa shape index (κ1) is 14.6. The maximum absolute atomic E-state index is 12.0. The van der Waals surface area contributed by atoms with Gasteiger partial charge in [0.1, 0.15) is 5.71 Å². The maximum Gasteiger partial charge on any atom is 0.367 e. The summed E-state index contributed by atoms with van der Waals surface area (Å²) in [5.74, 6) is -0.560. The lowest BCUT2D eigenvalue weighted by molar-refractivity contribution is 0.0516. The highest BCUT2D eigenvalue weighted by Gasteiger charge is 2.11. The molecule has 0 aliphatic rings. The Labute approximate surface area is 133 Å². The predicted molar refractivity (Wildman–Crippen MR) is 86.0 cm³/mol. The number of rotatable bonds is 4. The Balaban J connectivity index is 1.91. The van der Waals surface area contributed by atoms with E-state index < -0.39 is 5.97 Å². The van der Waals surface area contributed by atoms with Crippen molar-refractivity contribution in [2.24, 2.45) is 5.16 Å². The van der Waals surface area contributed by atoms with Crippen LogP contribution in [0.25, 0.3) is 0 Å². The summed E-state index contributed by atoms with van der Waals surface area (Å²) in [5.41, 5.74) is 2.47. The average Bonchev–Trinajstić information content (AvgIpc) is 2.64. The number of hydrogen-bond donors (Lipinski definition) is 0. The Hall–Kier alpha value is -3.34. The second-order valence-corrected chi connectivity index (χ2v) is 4.67. The standard InChI is InChI=1S/C18H13N3O2/c22-18(16-9-5-11-20-13-16)23-21-17(14-6-2-1-3-7-14)15-8-4-10-19-12-15/h1-13H/b21-17+. The van der Waals surface area contributed by atoms with Gasteiger partial charge < -0.3 is 4.84 Å². The fourth-order valence-corrected chi connectivity index (χ4v) is 1.99. The zero-order chi connectivity index (χ0) is 15.9. The van der Waals surface area contributed by atoms with Gasteiger partial charge in [0.2, 0.25) is 0 Å². The zero-order valence-corrected chi connectivity index (χ0v) is 12.2. The zero-order valence-electron chi connectivity index (χ0n) is 12.2. The lowest BCUT2D eigenvalue weighted by Gasteiger charge is -2.06. The van der Waals surface area contributed by atoms with E-state index >= 15 is 0 Å². The highest BCUT2D eigenvalue weighted by Crippen LogP contribution is 2.11. The molecule has 112 valence electrons. The van der Waals surface area contributed by atoms with Gasteiger partial charge in [-0.3, -0.25) is 9.97 Å². The lowest BCUT2D eigenvalue weighted by atomic mass is 10.0. The largest absolute Gasteiger partial charge is 0.367 e. The van der Waals surface area contributed by atoms with Crippen molar-refractivity contribution in [3.8, 4) is 0 Å². The molecule has 5 heteroatoms. The van der Waals surface area contributed by atoms with Crippen molar-refractivity contribution in [2.75, 3.05) is 0 Å². The number of oxime groups is 1. The van der Waals surface area contributed by atoms with Crippen molar-refractivity contribution < 1.29 is 9.63 Å². The van der Waals surface area contributed by atoms with Crippen LogP contribution in [0.4, 0.5) is 0 Å². The number of benzene rings is 1. The summed E-state index contributed by atoms with van der Waals surface area (Å²) in [6.45, 7) is 0. The fraction of sp³-hybridized carbons (Fsp3) is 0. The van der Waals surface area contributed by atoms with Gasteiger partial charge in [-0.2, -0.15) is 0 Å². The molecule has 0 unspecified atom stereocenters. The van der Waals surface area contributed by atoms with Gasteiger partial charge in [-0.25, -0.2) is 4.79 Å². The quantitative estimate of drug-likeness (QED) is 0.422. The topological polar surface area (TPSA) is 64.4 Å². The van der Waals surface area contributed by atoms with Crippen LogP contribution in [-0.4, -0.2) is 21.6 Å². The third kappa shape index (κ3) is 3.65. The van der Waals surface area contributed by atoms with Crippen molar-refractivity contribution in [1.29, 1.82) is 0 Å². The summed E-state index contributed by atoms with van der Waals surface area (Å²) in [4.78, 5) is 25.1. The van der Waals surface area contributed by atoms with Crippen LogP contribution in [0.3, 0.4) is 0 Å². The molecule has 0 N–H and O–H groups in total. The van der Waals surface area contributed by atoms with Gasteiger partial charge in [0.25, 0.3) is 0 Å². The van der Waals surface area contributed by atoms with E-state index in [1.807, 2.05) is 36.4 Å². The monoisotopic (exact) mass is 303 g/mol. The van der Waals surface area contributed by atoms with Crippen molar-refractivity contribution in [3.63, 3.8) is 0 Å². The molecule has 0 bridgehead atoms. The van der Waals surface area contributed by atoms with Crippen LogP contribution in [0.15, 0.2) is 84.5 Å². The molecule has 0 saturated carbocycles. The van der Waals surface area contributed by atoms with Gasteiger partial charge in [0, 0.05) is 35.9 Å². The minimum Gasteiger partial charge on any atom is -0.312 e. The highest BCUT2D eigenvalue weighted by atomic mass is 16.7. The Kier molecular flexibility index (Phi) is 4.49. The number of hydrogen-bond acceptors (Lipinski definition) is 5. The van der Waals surface area contributed by atoms with Gasteiger partial charge >= 0.3 is 5.97 Å². The SMILES string of the molecule is O=C(O/N=C(\c1ccccc1)c1cccnc1)c1cccnc1. The summed E-state index contributed by atoms with van der Waals surface area (Å²) in [7, 11) is 0. The summed E-state index contributed by atoms with van der Waals surface area (Å²) in [6.07, 6.45) is 6.37. The molecular formula is C18H13N3O2. The van der Waals surface area contributed by atoms with E-state index in [4.69, 9.17) is 4.84 Å². The van der Waals surface area contributed by atoms with Crippen molar-refractivity contribution in [1.82, 2.24) is 9.97 Å². The minimum absolute atomic E-state index is 0.342. The Morgan fingerprint density at radius 3 is 2.00 bits per heavy atom. The molecule has 2 aromatic heterocycles. The highest BCUT2D eigenvalue weighted by molar-refractivity contribution is 6.12. The lowest BCUT2D eigenvalue weighted by Crippen LogP contribution is -2.08. The number of nitrogens with zero attached hydrogens (tertiary/aromatic N) is 3. The summed E-state index contributed by atoms with van der Waals surface area (Å²) in [5, 5.41) is 4.04. The van der Waals surface area contributed by atoms with Crippen molar-refractivity contribution in [2.45, 2.75) is 0 Å². The van der Waals surface area contributed by atoms with Crippen molar-refractivity contribution in [3.05, 3.63) is 96.1 Å². The number of carbonyl (C=O) groups is 1. The number of aromatic nitrogens is 2. The van der Waals surface area contributed by atoms with Gasteiger partial charge in [0.05, 0.1) is 5.56 Å². The number of carbonyl (C=O) groups excluding carboxylic acids is 1. The minimum atomic E-state index is -0.560. The van der Waals surface area contributed by atoms with Crippen LogP contribution < -0.4 is 0 Å². The van der Waals surface area contributed by atoms with Gasteiger partial charge in [0.15, 0.2) is 0 Å². The smallest absolute Gasteiger partial charge is 0.312 e. The van der Waals surface area contributed by atoms with E-state index in [9.17, 15) is 4.79 Å². The molecule has 0 aliphatic heterocycles. The van der Waals surface area contributed by atoms with E-state index in [2.05, 4.69) is 15.1 Å². The maximum atomic E-state index is 12.0. The molecule has 0 aliphatic carbocycles. The molecule has 3 aromatic rings. The van der Waals surface area contributed by atoms with E-state index in [0.717, 1.165) is 11.1 Å². The number of pyridine rings is 2. The Morgan fingerprint density at radius 1 is 0.783 bits per heavy atom. The van der Waals surface area contributed by atoms with Gasteiger partial charge in [-0.05, 0) is 24.3 Å². The van der Waals surface area contributed by atoms with Gasteiger partial charge in [-0.1, -0.05) is 35.5 Å². The molecule has 0 spiro atoms. The Bertz CT molecular complexity index is 762. The third-order valence-electron chi connectivity index (χ3n) is 3.10. The molecule has 2 heterocycles. The summed E-state index contributed by atoms with van der Waals surface area (Å²) < 4.78 is 0. The van der Waals surface area contributed by atoms with E-state index in [0.29, 0.717) is 11.3 Å². The molecule has 1 aromatic carbocycles. The molecule has 0 amide bonds. The van der Waals surface area contributed by atoms with Crippen LogP contribution in [0, 0.1) is 0 Å².